The third kappa shape index (κ3) is 5.77. The van der Waals surface area contributed by atoms with Gasteiger partial charge in [-0.05, 0) is 44.2 Å². The van der Waals surface area contributed by atoms with Gasteiger partial charge < -0.3 is 4.74 Å². The number of halogens is 1. The number of benzene rings is 1. The first-order chi connectivity index (χ1) is 13.8. The molecule has 0 atom stereocenters. The molecular weight excluding hydrogens is 395 g/mol. The molecule has 29 heavy (non-hydrogen) atoms. The lowest BCUT2D eigenvalue weighted by Gasteiger charge is -2.06. The van der Waals surface area contributed by atoms with Gasteiger partial charge in [0.05, 0.1) is 10.6 Å². The molecule has 2 rings (SSSR count). The quantitative estimate of drug-likeness (QED) is 0.427. The van der Waals surface area contributed by atoms with Crippen molar-refractivity contribution in [1.29, 1.82) is 0 Å². The Morgan fingerprint density at radius 2 is 1.97 bits per heavy atom. The molecule has 1 heterocycles. The molecule has 1 aromatic carbocycles. The molecule has 9 heteroatoms. The maximum Gasteiger partial charge on any atom is 0.337 e. The van der Waals surface area contributed by atoms with E-state index < -0.39 is 15.9 Å². The van der Waals surface area contributed by atoms with Crippen molar-refractivity contribution in [2.24, 2.45) is 5.14 Å². The van der Waals surface area contributed by atoms with Crippen LogP contribution in [0.25, 0.3) is 11.3 Å². The van der Waals surface area contributed by atoms with E-state index in [0.717, 1.165) is 0 Å². The van der Waals surface area contributed by atoms with E-state index in [1.165, 1.54) is 47.2 Å². The van der Waals surface area contributed by atoms with Crippen molar-refractivity contribution in [1.82, 2.24) is 14.8 Å². The zero-order valence-corrected chi connectivity index (χ0v) is 16.6. The van der Waals surface area contributed by atoms with Crippen LogP contribution < -0.4 is 9.88 Å². The van der Waals surface area contributed by atoms with Crippen LogP contribution in [0.5, 0.6) is 6.01 Å². The second-order valence-corrected chi connectivity index (χ2v) is 7.10. The Morgan fingerprint density at radius 3 is 2.52 bits per heavy atom. The summed E-state index contributed by atoms with van der Waals surface area (Å²) in [4.78, 5) is 4.27. The Balaban J connectivity index is 2.55. The summed E-state index contributed by atoms with van der Waals surface area (Å²) in [6.07, 6.45) is 11.0. The number of nitrogens with zero attached hydrogens (tertiary/aromatic N) is 3. The average Bonchev–Trinajstić information content (AvgIpc) is 3.12. The van der Waals surface area contributed by atoms with E-state index in [9.17, 15) is 12.8 Å². The molecule has 0 fully saturated rings. The minimum atomic E-state index is -3.83. The van der Waals surface area contributed by atoms with Gasteiger partial charge in [0.1, 0.15) is 5.83 Å². The summed E-state index contributed by atoms with van der Waals surface area (Å²) in [5.74, 6) is 2.26. The highest BCUT2D eigenvalue weighted by Crippen LogP contribution is 2.22. The van der Waals surface area contributed by atoms with Gasteiger partial charge in [0.2, 0.25) is 10.0 Å². The first-order valence-corrected chi connectivity index (χ1v) is 9.92. The fourth-order valence-corrected chi connectivity index (χ4v) is 2.69. The molecule has 0 spiro atoms. The van der Waals surface area contributed by atoms with E-state index in [1.807, 2.05) is 0 Å². The SMILES string of the molecule is C#CCOc1nc(/C(C=C=C/C(F)=C\C)=C/C)n(-c2ccc(S(N)(=O)=O)cc2)n1. The summed E-state index contributed by atoms with van der Waals surface area (Å²) in [5, 5.41) is 9.39. The van der Waals surface area contributed by atoms with Gasteiger partial charge in [0.25, 0.3) is 0 Å². The second-order valence-electron chi connectivity index (χ2n) is 5.53. The van der Waals surface area contributed by atoms with E-state index in [0.29, 0.717) is 17.1 Å². The molecule has 0 radical (unpaired) electrons. The number of ether oxygens (including phenoxy) is 1. The monoisotopic (exact) mass is 414 g/mol. The fraction of sp³-hybridized carbons (Fsp3) is 0.150. The first-order valence-electron chi connectivity index (χ1n) is 8.37. The molecule has 0 aliphatic rings. The molecule has 0 aliphatic carbocycles. The topological polar surface area (TPSA) is 100 Å². The molecule has 0 amide bonds. The number of terminal acetylenes is 1. The summed E-state index contributed by atoms with van der Waals surface area (Å²) in [6.45, 7) is 3.31. The lowest BCUT2D eigenvalue weighted by molar-refractivity contribution is 0.339. The predicted octanol–water partition coefficient (Wildman–Crippen LogP) is 2.91. The molecule has 0 bridgehead atoms. The number of sulfonamides is 1. The molecule has 0 saturated heterocycles. The van der Waals surface area contributed by atoms with E-state index >= 15 is 0 Å². The number of aromatic nitrogens is 3. The van der Waals surface area contributed by atoms with Gasteiger partial charge >= 0.3 is 6.01 Å². The smallest absolute Gasteiger partial charge is 0.337 e. The van der Waals surface area contributed by atoms with Gasteiger partial charge in [-0.1, -0.05) is 18.1 Å². The average molecular weight is 414 g/mol. The Hall–Kier alpha value is -3.44. The summed E-state index contributed by atoms with van der Waals surface area (Å²) in [5.41, 5.74) is 3.81. The van der Waals surface area contributed by atoms with Crippen molar-refractivity contribution in [3.63, 3.8) is 0 Å². The van der Waals surface area contributed by atoms with Crippen molar-refractivity contribution in [2.45, 2.75) is 18.7 Å². The lowest BCUT2D eigenvalue weighted by Crippen LogP contribution is -2.12. The number of allylic oxidation sites excluding steroid dienone is 5. The predicted molar refractivity (Wildman–Crippen MR) is 108 cm³/mol. The molecule has 0 saturated carbocycles. The van der Waals surface area contributed by atoms with E-state index in [2.05, 4.69) is 21.7 Å². The highest BCUT2D eigenvalue weighted by molar-refractivity contribution is 7.89. The second kappa shape index (κ2) is 9.66. The zero-order valence-electron chi connectivity index (χ0n) is 15.8. The van der Waals surface area contributed by atoms with Gasteiger partial charge in [-0.3, -0.25) is 0 Å². The summed E-state index contributed by atoms with van der Waals surface area (Å²) < 4.78 is 43.0. The first kappa shape index (κ1) is 21.9. The number of primary sulfonamides is 1. The standard InChI is InChI=1S/C20H19FN4O3S/c1-4-14-28-20-23-19(15(5-2)8-7-9-16(21)6-3)25(24-20)17-10-12-18(13-11-17)29(22,26)27/h1,5-6,8-13H,14H2,2-3H3,(H2,22,26,27)/b15-5+,16-6+. The highest BCUT2D eigenvalue weighted by Gasteiger charge is 2.16. The molecular formula is C20H19FN4O3S. The third-order valence-corrected chi connectivity index (χ3v) is 4.52. The van der Waals surface area contributed by atoms with Crippen molar-refractivity contribution >= 4 is 15.6 Å². The van der Waals surface area contributed by atoms with E-state index in [-0.39, 0.29) is 17.5 Å². The van der Waals surface area contributed by atoms with E-state index in [1.54, 1.807) is 19.9 Å². The molecule has 0 aliphatic heterocycles. The van der Waals surface area contributed by atoms with Gasteiger partial charge in [-0.15, -0.1) is 17.3 Å². The Morgan fingerprint density at radius 1 is 1.28 bits per heavy atom. The normalized spacial score (nSPS) is 12.1. The van der Waals surface area contributed by atoms with Crippen LogP contribution in [0.2, 0.25) is 0 Å². The number of hydrogen-bond donors (Lipinski definition) is 1. The van der Waals surface area contributed by atoms with Crippen molar-refractivity contribution in [3.8, 4) is 24.0 Å². The lowest BCUT2D eigenvalue weighted by atomic mass is 10.2. The molecule has 0 unspecified atom stereocenters. The van der Waals surface area contributed by atoms with Crippen molar-refractivity contribution in [2.75, 3.05) is 6.61 Å². The largest absolute Gasteiger partial charge is 0.449 e. The zero-order chi connectivity index (χ0) is 21.4. The highest BCUT2D eigenvalue weighted by atomic mass is 32.2. The Bertz CT molecular complexity index is 1150. The van der Waals surface area contributed by atoms with Crippen LogP contribution in [0.15, 0.2) is 65.0 Å². The maximum atomic E-state index is 13.3. The van der Waals surface area contributed by atoms with Crippen LogP contribution in [0, 0.1) is 12.3 Å². The molecule has 1 aromatic heterocycles. The summed E-state index contributed by atoms with van der Waals surface area (Å²) >= 11 is 0. The van der Waals surface area contributed by atoms with Crippen molar-refractivity contribution in [3.05, 3.63) is 66.0 Å². The van der Waals surface area contributed by atoms with Crippen LogP contribution >= 0.6 is 0 Å². The third-order valence-electron chi connectivity index (χ3n) is 3.59. The summed E-state index contributed by atoms with van der Waals surface area (Å²) in [7, 11) is -3.83. The minimum absolute atomic E-state index is 0.0266. The number of nitrogens with two attached hydrogens (primary N) is 1. The fourth-order valence-electron chi connectivity index (χ4n) is 2.18. The van der Waals surface area contributed by atoms with Crippen LogP contribution in [-0.4, -0.2) is 29.8 Å². The number of rotatable bonds is 7. The van der Waals surface area contributed by atoms with Gasteiger partial charge in [-0.2, -0.15) is 4.98 Å². The summed E-state index contributed by atoms with van der Waals surface area (Å²) in [6, 6.07) is 5.78. The molecule has 2 N–H and O–H groups in total. The van der Waals surface area contributed by atoms with Crippen LogP contribution in [0.1, 0.15) is 19.7 Å². The molecule has 150 valence electrons. The van der Waals surface area contributed by atoms with Gasteiger partial charge in [-0.25, -0.2) is 22.6 Å². The van der Waals surface area contributed by atoms with Crippen LogP contribution in [-0.2, 0) is 10.0 Å². The maximum absolute atomic E-state index is 13.3. The van der Waals surface area contributed by atoms with Crippen LogP contribution in [0.3, 0.4) is 0 Å². The molecule has 7 nitrogen and oxygen atoms in total. The van der Waals surface area contributed by atoms with Crippen molar-refractivity contribution < 1.29 is 17.5 Å². The number of hydrogen-bond acceptors (Lipinski definition) is 5. The van der Waals surface area contributed by atoms with E-state index in [4.69, 9.17) is 16.3 Å². The Kier molecular flexibility index (Phi) is 7.28. The van der Waals surface area contributed by atoms with Gasteiger partial charge in [0, 0.05) is 11.6 Å². The van der Waals surface area contributed by atoms with Crippen LogP contribution in [0.4, 0.5) is 4.39 Å². The Labute approximate surface area is 168 Å². The molecule has 2 aromatic rings. The van der Waals surface area contributed by atoms with Gasteiger partial charge in [0.15, 0.2) is 12.4 Å². The minimum Gasteiger partial charge on any atom is -0.449 e.